The summed E-state index contributed by atoms with van der Waals surface area (Å²) >= 11 is 3.38. The minimum Gasteiger partial charge on any atom is -0.315 e. The number of nitrogens with zero attached hydrogens (tertiary/aromatic N) is 3. The second-order valence-electron chi connectivity index (χ2n) is 6.50. The first-order valence-electron chi connectivity index (χ1n) is 8.60. The Kier molecular flexibility index (Phi) is 4.72. The van der Waals surface area contributed by atoms with Crippen molar-refractivity contribution in [2.45, 2.75) is 13.0 Å². The predicted molar refractivity (Wildman–Crippen MR) is 107 cm³/mol. The molecule has 1 aliphatic rings. The minimum absolute atomic E-state index is 0.0504. The van der Waals surface area contributed by atoms with Crippen LogP contribution in [0.5, 0.6) is 0 Å². The van der Waals surface area contributed by atoms with Crippen LogP contribution >= 0.6 is 15.9 Å². The molecule has 4 rings (SSSR count). The van der Waals surface area contributed by atoms with Crippen LogP contribution in [0.1, 0.15) is 21.5 Å². The van der Waals surface area contributed by atoms with Gasteiger partial charge in [0.1, 0.15) is 5.82 Å². The van der Waals surface area contributed by atoms with E-state index in [2.05, 4.69) is 26.3 Å². The van der Waals surface area contributed by atoms with Gasteiger partial charge in [0.2, 0.25) is 5.91 Å². The number of halogens is 2. The number of hydrogen-bond acceptors (Lipinski definition) is 3. The molecule has 3 aromatic rings. The smallest absolute Gasteiger partial charge is 0.257 e. The zero-order valence-corrected chi connectivity index (χ0v) is 16.5. The largest absolute Gasteiger partial charge is 0.315 e. The van der Waals surface area contributed by atoms with Crippen molar-refractivity contribution in [3.8, 4) is 0 Å². The monoisotopic (exact) mass is 442 g/mol. The van der Waals surface area contributed by atoms with E-state index in [1.54, 1.807) is 53.2 Å². The summed E-state index contributed by atoms with van der Waals surface area (Å²) in [5.74, 6) is -0.382. The van der Waals surface area contributed by atoms with E-state index in [4.69, 9.17) is 0 Å². The lowest BCUT2D eigenvalue weighted by molar-refractivity contribution is -0.117. The molecular formula is C20H16BrFN4O2. The van der Waals surface area contributed by atoms with Gasteiger partial charge in [-0.25, -0.2) is 4.39 Å². The number of carbonyl (C=O) groups excluding carboxylic acids is 2. The Bertz CT molecular complexity index is 1100. The Balaban J connectivity index is 1.56. The molecule has 2 heterocycles. The van der Waals surface area contributed by atoms with Crippen molar-refractivity contribution in [2.24, 2.45) is 0 Å². The summed E-state index contributed by atoms with van der Waals surface area (Å²) in [6.07, 6.45) is 1.87. The van der Waals surface area contributed by atoms with Crippen LogP contribution in [0.3, 0.4) is 0 Å². The van der Waals surface area contributed by atoms with Crippen molar-refractivity contribution in [1.29, 1.82) is 0 Å². The molecule has 8 heteroatoms. The zero-order chi connectivity index (χ0) is 19.8. The van der Waals surface area contributed by atoms with Crippen molar-refractivity contribution in [3.63, 3.8) is 0 Å². The molecule has 0 atom stereocenters. The third kappa shape index (κ3) is 3.31. The van der Waals surface area contributed by atoms with E-state index in [1.165, 1.54) is 6.07 Å². The van der Waals surface area contributed by atoms with Crippen molar-refractivity contribution in [1.82, 2.24) is 9.78 Å². The van der Waals surface area contributed by atoms with Crippen LogP contribution in [0, 0.1) is 5.82 Å². The van der Waals surface area contributed by atoms with Gasteiger partial charge in [0.25, 0.3) is 5.91 Å². The number of likely N-dealkylation sites (N-methyl/N-ethyl adjacent to an activating group) is 1. The van der Waals surface area contributed by atoms with E-state index in [0.717, 1.165) is 5.69 Å². The number of rotatable bonds is 4. The van der Waals surface area contributed by atoms with Crippen LogP contribution in [-0.4, -0.2) is 28.6 Å². The Hall–Kier alpha value is -3.00. The average molecular weight is 443 g/mol. The number of anilines is 2. The van der Waals surface area contributed by atoms with E-state index in [0.29, 0.717) is 27.0 Å². The van der Waals surface area contributed by atoms with Crippen LogP contribution < -0.4 is 10.2 Å². The number of benzene rings is 2. The molecule has 1 N–H and O–H groups in total. The molecule has 28 heavy (non-hydrogen) atoms. The first-order valence-corrected chi connectivity index (χ1v) is 9.39. The molecule has 0 radical (unpaired) electrons. The highest BCUT2D eigenvalue weighted by atomic mass is 79.9. The van der Waals surface area contributed by atoms with E-state index < -0.39 is 0 Å². The number of hydrogen-bond donors (Lipinski definition) is 1. The fraction of sp³-hybridized carbons (Fsp3) is 0.150. The molecule has 2 aromatic carbocycles. The summed E-state index contributed by atoms with van der Waals surface area (Å²) in [6.45, 7) is 0.237. The maximum atomic E-state index is 13.9. The van der Waals surface area contributed by atoms with Crippen molar-refractivity contribution >= 4 is 39.2 Å². The Morgan fingerprint density at radius 2 is 2.04 bits per heavy atom. The molecule has 0 fully saturated rings. The van der Waals surface area contributed by atoms with Gasteiger partial charge >= 0.3 is 0 Å². The molecule has 1 aromatic heterocycles. The van der Waals surface area contributed by atoms with Gasteiger partial charge < -0.3 is 10.2 Å². The Morgan fingerprint density at radius 1 is 1.25 bits per heavy atom. The molecule has 0 saturated carbocycles. The van der Waals surface area contributed by atoms with E-state index in [-0.39, 0.29) is 30.6 Å². The molecule has 1 aliphatic heterocycles. The summed E-state index contributed by atoms with van der Waals surface area (Å²) in [6, 6.07) is 11.7. The first kappa shape index (κ1) is 18.4. The van der Waals surface area contributed by atoms with Crippen LogP contribution in [0.2, 0.25) is 0 Å². The van der Waals surface area contributed by atoms with Crippen LogP contribution in [0.25, 0.3) is 0 Å². The molecule has 0 spiro atoms. The second kappa shape index (κ2) is 7.20. The maximum Gasteiger partial charge on any atom is 0.257 e. The average Bonchev–Trinajstić information content (AvgIpc) is 3.16. The third-order valence-electron chi connectivity index (χ3n) is 4.70. The van der Waals surface area contributed by atoms with E-state index >= 15 is 0 Å². The summed E-state index contributed by atoms with van der Waals surface area (Å²) in [7, 11) is 1.69. The van der Waals surface area contributed by atoms with Crippen molar-refractivity contribution < 1.29 is 14.0 Å². The van der Waals surface area contributed by atoms with Gasteiger partial charge in [-0.15, -0.1) is 0 Å². The van der Waals surface area contributed by atoms with Gasteiger partial charge in [0.15, 0.2) is 5.82 Å². The van der Waals surface area contributed by atoms with Crippen molar-refractivity contribution in [3.05, 3.63) is 75.6 Å². The highest BCUT2D eigenvalue weighted by molar-refractivity contribution is 9.10. The number of fused-ring (bicyclic) bond motifs is 1. The zero-order valence-electron chi connectivity index (χ0n) is 14.9. The molecular weight excluding hydrogens is 427 g/mol. The molecule has 6 nitrogen and oxygen atoms in total. The molecule has 0 aliphatic carbocycles. The van der Waals surface area contributed by atoms with Gasteiger partial charge in [-0.1, -0.05) is 24.3 Å². The lowest BCUT2D eigenvalue weighted by Crippen LogP contribution is -2.20. The maximum absolute atomic E-state index is 13.9. The van der Waals surface area contributed by atoms with Gasteiger partial charge in [0, 0.05) is 30.1 Å². The summed E-state index contributed by atoms with van der Waals surface area (Å²) in [4.78, 5) is 26.3. The molecule has 0 unspecified atom stereocenters. The number of nitrogens with one attached hydrogen (secondary N) is 1. The molecule has 2 amide bonds. The first-order chi connectivity index (χ1) is 13.4. The molecule has 0 bridgehead atoms. The normalized spacial score (nSPS) is 13.0. The third-order valence-corrected chi connectivity index (χ3v) is 5.28. The van der Waals surface area contributed by atoms with Gasteiger partial charge in [-0.2, -0.15) is 5.10 Å². The fourth-order valence-corrected chi connectivity index (χ4v) is 3.65. The van der Waals surface area contributed by atoms with Crippen LogP contribution in [-0.2, 0) is 17.8 Å². The molecule has 0 saturated heterocycles. The van der Waals surface area contributed by atoms with Crippen LogP contribution in [0.4, 0.5) is 15.9 Å². The SMILES string of the molecule is CN1C(=O)Cc2c(C(=O)Nc3nn(Cc4ccccc4F)cc3Br)cccc21. The topological polar surface area (TPSA) is 67.2 Å². The Labute approximate surface area is 169 Å². The quantitative estimate of drug-likeness (QED) is 0.670. The second-order valence-corrected chi connectivity index (χ2v) is 7.36. The van der Waals surface area contributed by atoms with Gasteiger partial charge in [-0.05, 0) is 39.7 Å². The number of aromatic nitrogens is 2. The standard InChI is InChI=1S/C20H16BrFN4O2/c1-25-17-8-4-6-13(14(17)9-18(25)27)20(28)23-19-15(21)11-26(24-19)10-12-5-2-3-7-16(12)22/h2-8,11H,9-10H2,1H3,(H,23,24,28). The van der Waals surface area contributed by atoms with Crippen molar-refractivity contribution in [2.75, 3.05) is 17.3 Å². The highest BCUT2D eigenvalue weighted by Crippen LogP contribution is 2.31. The highest BCUT2D eigenvalue weighted by Gasteiger charge is 2.28. The number of carbonyl (C=O) groups is 2. The summed E-state index contributed by atoms with van der Waals surface area (Å²) in [5.41, 5.74) is 2.37. The Morgan fingerprint density at radius 3 is 2.82 bits per heavy atom. The van der Waals surface area contributed by atoms with Gasteiger partial charge in [0.05, 0.1) is 17.4 Å². The minimum atomic E-state index is -0.350. The fourth-order valence-electron chi connectivity index (χ4n) is 3.23. The van der Waals surface area contributed by atoms with E-state index in [9.17, 15) is 14.0 Å². The molecule has 142 valence electrons. The van der Waals surface area contributed by atoms with Gasteiger partial charge in [-0.3, -0.25) is 14.3 Å². The predicted octanol–water partition coefficient (Wildman–Crippen LogP) is 3.60. The van der Waals surface area contributed by atoms with E-state index in [1.807, 2.05) is 6.07 Å². The summed E-state index contributed by atoms with van der Waals surface area (Å²) < 4.78 is 16.0. The number of amides is 2. The lowest BCUT2D eigenvalue weighted by atomic mass is 10.0. The van der Waals surface area contributed by atoms with Crippen LogP contribution in [0.15, 0.2) is 53.1 Å². The summed E-state index contributed by atoms with van der Waals surface area (Å²) in [5, 5.41) is 7.09. The lowest BCUT2D eigenvalue weighted by Gasteiger charge is -2.11.